The van der Waals surface area contributed by atoms with Gasteiger partial charge in [-0.2, -0.15) is 0 Å². The first-order valence-corrected chi connectivity index (χ1v) is 10.6. The Balaban J connectivity index is 1.44. The smallest absolute Gasteiger partial charge is 0.258 e. The van der Waals surface area contributed by atoms with Crippen LogP contribution >= 0.6 is 0 Å². The maximum absolute atomic E-state index is 12.8. The van der Waals surface area contributed by atoms with E-state index in [9.17, 15) is 9.59 Å². The van der Waals surface area contributed by atoms with Gasteiger partial charge in [0.05, 0.1) is 48.6 Å². The van der Waals surface area contributed by atoms with E-state index in [4.69, 9.17) is 4.74 Å². The monoisotopic (exact) mass is 421 g/mol. The minimum atomic E-state index is -0.166. The zero-order valence-electron chi connectivity index (χ0n) is 17.6. The van der Waals surface area contributed by atoms with Gasteiger partial charge in [0.1, 0.15) is 5.82 Å². The number of carbonyl (C=O) groups is 1. The summed E-state index contributed by atoms with van der Waals surface area (Å²) in [5.74, 6) is 0.442. The zero-order valence-corrected chi connectivity index (χ0v) is 17.6. The predicted molar refractivity (Wildman–Crippen MR) is 121 cm³/mol. The molecule has 0 unspecified atom stereocenters. The van der Waals surface area contributed by atoms with E-state index in [1.165, 1.54) is 0 Å². The number of hydrogen-bond acceptors (Lipinski definition) is 6. The van der Waals surface area contributed by atoms with Crippen molar-refractivity contribution in [3.63, 3.8) is 0 Å². The van der Waals surface area contributed by atoms with Crippen molar-refractivity contribution in [1.82, 2.24) is 14.9 Å². The Morgan fingerprint density at radius 1 is 1.16 bits per heavy atom. The number of hydrogen-bond donors (Lipinski definition) is 2. The van der Waals surface area contributed by atoms with E-state index in [2.05, 4.69) is 20.2 Å². The lowest BCUT2D eigenvalue weighted by Crippen LogP contribution is -2.37. The third kappa shape index (κ3) is 5.10. The van der Waals surface area contributed by atoms with Gasteiger partial charge in [-0.05, 0) is 30.8 Å². The molecule has 31 heavy (non-hydrogen) atoms. The molecule has 8 nitrogen and oxygen atoms in total. The number of amides is 1. The Bertz CT molecular complexity index is 1110. The first-order valence-electron chi connectivity index (χ1n) is 10.6. The largest absolute Gasteiger partial charge is 0.378 e. The Labute approximate surface area is 180 Å². The summed E-state index contributed by atoms with van der Waals surface area (Å²) < 4.78 is 5.43. The van der Waals surface area contributed by atoms with Gasteiger partial charge >= 0.3 is 0 Å². The number of ether oxygens (including phenoxy) is 1. The van der Waals surface area contributed by atoms with Gasteiger partial charge in [0.2, 0.25) is 5.91 Å². The number of benzene rings is 2. The topological polar surface area (TPSA) is 90.6 Å². The molecule has 0 radical (unpaired) electrons. The molecule has 2 N–H and O–H groups in total. The molecule has 0 saturated carbocycles. The molecule has 2 heterocycles. The fourth-order valence-electron chi connectivity index (χ4n) is 3.75. The highest BCUT2D eigenvalue weighted by Crippen LogP contribution is 2.26. The van der Waals surface area contributed by atoms with Gasteiger partial charge in [0.25, 0.3) is 5.56 Å². The lowest BCUT2D eigenvalue weighted by atomic mass is 10.2. The predicted octanol–water partition coefficient (Wildman–Crippen LogP) is 2.22. The normalized spacial score (nSPS) is 14.2. The minimum absolute atomic E-state index is 0.106. The van der Waals surface area contributed by atoms with E-state index in [0.29, 0.717) is 43.0 Å². The Morgan fingerprint density at radius 2 is 1.90 bits per heavy atom. The summed E-state index contributed by atoms with van der Waals surface area (Å²) >= 11 is 0. The minimum Gasteiger partial charge on any atom is -0.378 e. The van der Waals surface area contributed by atoms with E-state index in [0.717, 1.165) is 24.5 Å². The van der Waals surface area contributed by atoms with E-state index >= 15 is 0 Å². The van der Waals surface area contributed by atoms with Crippen molar-refractivity contribution in [2.75, 3.05) is 49.6 Å². The summed E-state index contributed by atoms with van der Waals surface area (Å²) in [6.07, 6.45) is 0. The molecule has 0 aliphatic carbocycles. The van der Waals surface area contributed by atoms with Crippen LogP contribution in [0.2, 0.25) is 0 Å². The molecule has 3 aromatic rings. The molecule has 1 fully saturated rings. The van der Waals surface area contributed by atoms with Crippen LogP contribution < -0.4 is 15.8 Å². The quantitative estimate of drug-likeness (QED) is 0.608. The fourth-order valence-corrected chi connectivity index (χ4v) is 3.75. The van der Waals surface area contributed by atoms with E-state index in [1.807, 2.05) is 54.3 Å². The van der Waals surface area contributed by atoms with Crippen molar-refractivity contribution >= 4 is 28.2 Å². The molecule has 4 rings (SSSR count). The number of likely N-dealkylation sites (N-methyl/N-ethyl adjacent to an activating group) is 1. The summed E-state index contributed by atoms with van der Waals surface area (Å²) in [6, 6.07) is 15.1. The molecule has 1 aliphatic rings. The first-order chi connectivity index (χ1) is 15.1. The summed E-state index contributed by atoms with van der Waals surface area (Å²) in [5.41, 5.74) is 2.28. The third-order valence-electron chi connectivity index (χ3n) is 5.38. The number of nitrogens with zero attached hydrogens (tertiary/aromatic N) is 3. The molecule has 0 atom stereocenters. The van der Waals surface area contributed by atoms with Crippen LogP contribution in [0.1, 0.15) is 12.7 Å². The molecule has 1 aromatic heterocycles. The maximum atomic E-state index is 12.8. The molecule has 1 aliphatic heterocycles. The Morgan fingerprint density at radius 3 is 2.71 bits per heavy atom. The number of para-hydroxylation sites is 3. The van der Waals surface area contributed by atoms with Crippen molar-refractivity contribution in [1.29, 1.82) is 0 Å². The van der Waals surface area contributed by atoms with Crippen molar-refractivity contribution in [2.45, 2.75) is 13.5 Å². The zero-order chi connectivity index (χ0) is 21.6. The number of fused-ring (bicyclic) bond motifs is 1. The number of carbonyl (C=O) groups excluding carboxylic acids is 1. The molecular weight excluding hydrogens is 394 g/mol. The standard InChI is InChI=1S/C23H27N5O3/c1-2-27(15-21-24-18-8-4-3-7-17(18)23(30)26-21)16-22(29)25-19-9-5-6-10-20(19)28-11-13-31-14-12-28/h3-10H,2,11-16H2,1H3,(H,25,29)(H,24,26,30). The van der Waals surface area contributed by atoms with Crippen molar-refractivity contribution < 1.29 is 9.53 Å². The molecule has 0 spiro atoms. The van der Waals surface area contributed by atoms with Gasteiger partial charge in [0.15, 0.2) is 0 Å². The van der Waals surface area contributed by atoms with Crippen LogP contribution in [0.4, 0.5) is 11.4 Å². The first kappa shape index (κ1) is 21.0. The maximum Gasteiger partial charge on any atom is 0.258 e. The summed E-state index contributed by atoms with van der Waals surface area (Å²) in [5, 5.41) is 3.61. The van der Waals surface area contributed by atoms with Gasteiger partial charge in [-0.1, -0.05) is 31.2 Å². The van der Waals surface area contributed by atoms with Crippen LogP contribution in [0.25, 0.3) is 10.9 Å². The van der Waals surface area contributed by atoms with Crippen LogP contribution in [0.3, 0.4) is 0 Å². The molecule has 1 amide bonds. The van der Waals surface area contributed by atoms with Gasteiger partial charge in [-0.25, -0.2) is 4.98 Å². The Hall–Kier alpha value is -3.23. The highest BCUT2D eigenvalue weighted by atomic mass is 16.5. The highest BCUT2D eigenvalue weighted by Gasteiger charge is 2.17. The third-order valence-corrected chi connectivity index (χ3v) is 5.38. The summed E-state index contributed by atoms with van der Waals surface area (Å²) in [4.78, 5) is 36.7. The van der Waals surface area contributed by atoms with Crippen LogP contribution in [0.5, 0.6) is 0 Å². The number of morpholine rings is 1. The van der Waals surface area contributed by atoms with E-state index in [1.54, 1.807) is 6.07 Å². The van der Waals surface area contributed by atoms with E-state index in [-0.39, 0.29) is 18.0 Å². The average molecular weight is 422 g/mol. The molecule has 1 saturated heterocycles. The van der Waals surface area contributed by atoms with Crippen molar-refractivity contribution in [3.8, 4) is 0 Å². The van der Waals surface area contributed by atoms with Crippen LogP contribution in [0.15, 0.2) is 53.3 Å². The summed E-state index contributed by atoms with van der Waals surface area (Å²) in [7, 11) is 0. The number of aromatic nitrogens is 2. The number of rotatable bonds is 7. The molecular formula is C23H27N5O3. The fraction of sp³-hybridized carbons (Fsp3) is 0.348. The SMILES string of the molecule is CCN(CC(=O)Nc1ccccc1N1CCOCC1)Cc1nc2ccccc2c(=O)[nH]1. The second-order valence-corrected chi connectivity index (χ2v) is 7.50. The highest BCUT2D eigenvalue weighted by molar-refractivity contribution is 5.95. The van der Waals surface area contributed by atoms with E-state index < -0.39 is 0 Å². The molecule has 2 aromatic carbocycles. The lowest BCUT2D eigenvalue weighted by Gasteiger charge is -2.30. The number of anilines is 2. The second kappa shape index (κ2) is 9.72. The van der Waals surface area contributed by atoms with Crippen LogP contribution in [0, 0.1) is 0 Å². The van der Waals surface area contributed by atoms with Gasteiger partial charge in [-0.3, -0.25) is 14.5 Å². The molecule has 0 bridgehead atoms. The molecule has 8 heteroatoms. The summed E-state index contributed by atoms with van der Waals surface area (Å²) in [6.45, 7) is 6.18. The molecule has 162 valence electrons. The number of aromatic amines is 1. The van der Waals surface area contributed by atoms with Gasteiger partial charge in [-0.15, -0.1) is 0 Å². The van der Waals surface area contributed by atoms with Crippen molar-refractivity contribution in [3.05, 3.63) is 64.7 Å². The average Bonchev–Trinajstić information content (AvgIpc) is 2.79. The second-order valence-electron chi connectivity index (χ2n) is 7.50. The van der Waals surface area contributed by atoms with Crippen LogP contribution in [-0.2, 0) is 16.1 Å². The lowest BCUT2D eigenvalue weighted by molar-refractivity contribution is -0.117. The van der Waals surface area contributed by atoms with Gasteiger partial charge < -0.3 is 19.9 Å². The number of nitrogens with one attached hydrogen (secondary N) is 2. The Kier molecular flexibility index (Phi) is 6.59. The van der Waals surface area contributed by atoms with Crippen LogP contribution in [-0.4, -0.2) is 60.2 Å². The number of H-pyrrole nitrogens is 1. The van der Waals surface area contributed by atoms with Gasteiger partial charge in [0, 0.05) is 13.1 Å². The van der Waals surface area contributed by atoms with Crippen molar-refractivity contribution in [2.24, 2.45) is 0 Å².